The van der Waals surface area contributed by atoms with E-state index in [1.807, 2.05) is 13.8 Å². The van der Waals surface area contributed by atoms with Crippen LogP contribution in [-0.2, 0) is 24.2 Å². The van der Waals surface area contributed by atoms with Gasteiger partial charge in [-0.3, -0.25) is 14.4 Å². The minimum Gasteiger partial charge on any atom is -0.454 e. The van der Waals surface area contributed by atoms with E-state index in [2.05, 4.69) is 5.32 Å². The van der Waals surface area contributed by atoms with Crippen molar-refractivity contribution in [2.45, 2.75) is 38.8 Å². The summed E-state index contributed by atoms with van der Waals surface area (Å²) >= 11 is 1.25. The van der Waals surface area contributed by atoms with E-state index in [9.17, 15) is 22.8 Å². The lowest BCUT2D eigenvalue weighted by Crippen LogP contribution is -2.48. The van der Waals surface area contributed by atoms with E-state index in [-0.39, 0.29) is 30.0 Å². The summed E-state index contributed by atoms with van der Waals surface area (Å²) in [6.07, 6.45) is 1.05. The van der Waals surface area contributed by atoms with Gasteiger partial charge in [0.2, 0.25) is 0 Å². The Bertz CT molecular complexity index is 775. The van der Waals surface area contributed by atoms with Crippen molar-refractivity contribution in [1.82, 2.24) is 10.2 Å². The highest BCUT2D eigenvalue weighted by atomic mass is 32.2. The molecule has 0 saturated carbocycles. The Kier molecular flexibility index (Phi) is 7.37. The van der Waals surface area contributed by atoms with E-state index >= 15 is 0 Å². The standard InChI is InChI=1S/C17H24N2O6S2/c1-3-12(2)19(13-6-8-27(23,24)11-13)15(20)10-25-16(21)9-18-17(22)14-5-4-7-26-14/h4-5,7,12-13H,3,6,8-11H2,1-2H3,(H,18,22)/t12-,13-/m1/s1. The van der Waals surface area contributed by atoms with Crippen molar-refractivity contribution in [3.05, 3.63) is 22.4 Å². The molecule has 1 saturated heterocycles. The van der Waals surface area contributed by atoms with Crippen LogP contribution in [0.5, 0.6) is 0 Å². The summed E-state index contributed by atoms with van der Waals surface area (Å²) in [4.78, 5) is 38.1. The maximum atomic E-state index is 12.5. The first-order chi connectivity index (χ1) is 12.7. The molecule has 1 aromatic heterocycles. The molecule has 0 aliphatic carbocycles. The minimum atomic E-state index is -3.13. The van der Waals surface area contributed by atoms with Gasteiger partial charge in [0.25, 0.3) is 11.8 Å². The monoisotopic (exact) mass is 416 g/mol. The Balaban J connectivity index is 1.85. The van der Waals surface area contributed by atoms with Crippen molar-refractivity contribution in [1.29, 1.82) is 0 Å². The zero-order valence-electron chi connectivity index (χ0n) is 15.3. The van der Waals surface area contributed by atoms with Crippen LogP contribution >= 0.6 is 11.3 Å². The van der Waals surface area contributed by atoms with Gasteiger partial charge < -0.3 is 15.0 Å². The summed E-state index contributed by atoms with van der Waals surface area (Å²) in [5, 5.41) is 4.18. The number of hydrogen-bond donors (Lipinski definition) is 1. The number of carbonyl (C=O) groups excluding carboxylic acids is 3. The van der Waals surface area contributed by atoms with Gasteiger partial charge in [-0.25, -0.2) is 8.42 Å². The fourth-order valence-electron chi connectivity index (χ4n) is 2.92. The van der Waals surface area contributed by atoms with Gasteiger partial charge in [0.05, 0.1) is 16.4 Å². The van der Waals surface area contributed by atoms with Crippen molar-refractivity contribution in [2.75, 3.05) is 24.7 Å². The van der Waals surface area contributed by atoms with Crippen molar-refractivity contribution in [2.24, 2.45) is 0 Å². The predicted octanol–water partition coefficient (Wildman–Crippen LogP) is 0.835. The topological polar surface area (TPSA) is 110 Å². The van der Waals surface area contributed by atoms with E-state index in [1.165, 1.54) is 16.2 Å². The second kappa shape index (κ2) is 9.32. The number of ether oxygens (including phenoxy) is 1. The number of nitrogens with zero attached hydrogens (tertiary/aromatic N) is 1. The van der Waals surface area contributed by atoms with Gasteiger partial charge in [-0.2, -0.15) is 0 Å². The van der Waals surface area contributed by atoms with Gasteiger partial charge >= 0.3 is 5.97 Å². The van der Waals surface area contributed by atoms with Crippen molar-refractivity contribution in [3.63, 3.8) is 0 Å². The maximum absolute atomic E-state index is 12.5. The van der Waals surface area contributed by atoms with E-state index in [0.717, 1.165) is 0 Å². The molecular formula is C17H24N2O6S2. The van der Waals surface area contributed by atoms with Crippen molar-refractivity contribution >= 4 is 39.0 Å². The van der Waals surface area contributed by atoms with Crippen molar-refractivity contribution in [3.8, 4) is 0 Å². The normalized spacial score (nSPS) is 19.3. The largest absolute Gasteiger partial charge is 0.454 e. The van der Waals surface area contributed by atoms with Gasteiger partial charge in [0.15, 0.2) is 16.4 Å². The molecule has 2 rings (SSSR count). The average Bonchev–Trinajstić information content (AvgIpc) is 3.27. The zero-order valence-corrected chi connectivity index (χ0v) is 17.0. The molecule has 1 aliphatic rings. The molecule has 1 fully saturated rings. The molecule has 10 heteroatoms. The molecule has 8 nitrogen and oxygen atoms in total. The fourth-order valence-corrected chi connectivity index (χ4v) is 5.27. The Morgan fingerprint density at radius 1 is 1.41 bits per heavy atom. The summed E-state index contributed by atoms with van der Waals surface area (Å²) in [6, 6.07) is 2.81. The minimum absolute atomic E-state index is 0.0616. The third-order valence-corrected chi connectivity index (χ3v) is 7.07. The third-order valence-electron chi connectivity index (χ3n) is 4.45. The second-order valence-corrected chi connectivity index (χ2v) is 9.61. The van der Waals surface area contributed by atoms with E-state index < -0.39 is 34.4 Å². The molecule has 27 heavy (non-hydrogen) atoms. The highest BCUT2D eigenvalue weighted by molar-refractivity contribution is 7.91. The molecule has 0 aromatic carbocycles. The lowest BCUT2D eigenvalue weighted by Gasteiger charge is -2.33. The van der Waals surface area contributed by atoms with Gasteiger partial charge in [-0.15, -0.1) is 11.3 Å². The van der Waals surface area contributed by atoms with Crippen LogP contribution in [0.1, 0.15) is 36.4 Å². The fraction of sp³-hybridized carbons (Fsp3) is 0.588. The molecule has 0 spiro atoms. The first-order valence-corrected chi connectivity index (χ1v) is 11.4. The summed E-state index contributed by atoms with van der Waals surface area (Å²) < 4.78 is 28.4. The third kappa shape index (κ3) is 6.03. The van der Waals surface area contributed by atoms with Gasteiger partial charge in [0.1, 0.15) is 6.54 Å². The number of carbonyl (C=O) groups is 3. The number of thiophene rings is 1. The highest BCUT2D eigenvalue weighted by Gasteiger charge is 2.36. The quantitative estimate of drug-likeness (QED) is 0.629. The highest BCUT2D eigenvalue weighted by Crippen LogP contribution is 2.21. The van der Waals surface area contributed by atoms with Crippen LogP contribution in [-0.4, -0.2) is 67.8 Å². The molecule has 0 unspecified atom stereocenters. The summed E-state index contributed by atoms with van der Waals surface area (Å²) in [5.74, 6) is -1.54. The SMILES string of the molecule is CC[C@@H](C)N(C(=O)COC(=O)CNC(=O)c1cccs1)[C@@H]1CCS(=O)(=O)C1. The second-order valence-electron chi connectivity index (χ2n) is 6.44. The van der Waals surface area contributed by atoms with Crippen LogP contribution < -0.4 is 5.32 Å². The van der Waals surface area contributed by atoms with Crippen molar-refractivity contribution < 1.29 is 27.5 Å². The lowest BCUT2D eigenvalue weighted by molar-refractivity contribution is -0.153. The molecule has 150 valence electrons. The number of esters is 1. The maximum Gasteiger partial charge on any atom is 0.325 e. The molecule has 2 heterocycles. The first kappa shape index (κ1) is 21.4. The molecule has 2 amide bonds. The number of hydrogen-bond acceptors (Lipinski definition) is 7. The lowest BCUT2D eigenvalue weighted by atomic mass is 10.1. The van der Waals surface area contributed by atoms with E-state index in [1.54, 1.807) is 17.5 Å². The summed E-state index contributed by atoms with van der Waals surface area (Å²) in [6.45, 7) is 2.92. The molecule has 0 bridgehead atoms. The van der Waals surface area contributed by atoms with Gasteiger partial charge in [-0.05, 0) is 31.2 Å². The van der Waals surface area contributed by atoms with Crippen LogP contribution in [0.2, 0.25) is 0 Å². The number of nitrogens with one attached hydrogen (secondary N) is 1. The van der Waals surface area contributed by atoms with Crippen LogP contribution in [0.3, 0.4) is 0 Å². The number of rotatable bonds is 8. The Labute approximate surface area is 162 Å². The number of sulfone groups is 1. The Morgan fingerprint density at radius 2 is 2.15 bits per heavy atom. The number of amides is 2. The average molecular weight is 417 g/mol. The van der Waals surface area contributed by atoms with Crippen LogP contribution in [0.4, 0.5) is 0 Å². The molecular weight excluding hydrogens is 392 g/mol. The van der Waals surface area contributed by atoms with Gasteiger partial charge in [-0.1, -0.05) is 13.0 Å². The first-order valence-electron chi connectivity index (χ1n) is 8.72. The zero-order chi connectivity index (χ0) is 20.0. The smallest absolute Gasteiger partial charge is 0.325 e. The van der Waals surface area contributed by atoms with Gasteiger partial charge in [0, 0.05) is 12.1 Å². The van der Waals surface area contributed by atoms with E-state index in [4.69, 9.17) is 4.74 Å². The summed E-state index contributed by atoms with van der Waals surface area (Å²) in [7, 11) is -3.13. The molecule has 0 radical (unpaired) electrons. The van der Waals surface area contributed by atoms with Crippen LogP contribution in [0, 0.1) is 0 Å². The Morgan fingerprint density at radius 3 is 2.70 bits per heavy atom. The molecule has 2 atom stereocenters. The molecule has 1 N–H and O–H groups in total. The van der Waals surface area contributed by atoms with Crippen LogP contribution in [0.15, 0.2) is 17.5 Å². The molecule has 1 aromatic rings. The predicted molar refractivity (Wildman–Crippen MR) is 101 cm³/mol. The summed E-state index contributed by atoms with van der Waals surface area (Å²) in [5.41, 5.74) is 0. The van der Waals surface area contributed by atoms with E-state index in [0.29, 0.717) is 17.7 Å². The molecule has 1 aliphatic heterocycles. The van der Waals surface area contributed by atoms with Crippen LogP contribution in [0.25, 0.3) is 0 Å². The Hall–Kier alpha value is -1.94.